The van der Waals surface area contributed by atoms with Crippen LogP contribution in [0.2, 0.25) is 0 Å². The molecule has 0 radical (unpaired) electrons. The fraction of sp³-hybridized carbons (Fsp3) is 0.179. The summed E-state index contributed by atoms with van der Waals surface area (Å²) in [7, 11) is -4.59. The van der Waals surface area contributed by atoms with Crippen LogP contribution in [-0.2, 0) is 16.2 Å². The lowest BCUT2D eigenvalue weighted by atomic mass is 10.1. The number of halogens is 5. The van der Waals surface area contributed by atoms with Gasteiger partial charge in [0.25, 0.3) is 10.0 Å². The number of piperazine rings is 1. The quantitative estimate of drug-likeness (QED) is 0.192. The van der Waals surface area contributed by atoms with Gasteiger partial charge in [0.05, 0.1) is 21.7 Å². The standard InChI is InChI=1S/C28H22F5N5O5S/c29-17-4-6-18(7-5-17)38-15-21(26(40)41)25(39)20-13-22(30)24(14-23(20)38)36-8-10-37(11-9-36)27(34)35-44(42,43)19-3-1-2-16(12-19)28(31,32)33/h1-7,12-15H,8-11H2,(H2,34,35)(H,40,41). The van der Waals surface area contributed by atoms with Crippen LogP contribution in [0.5, 0.6) is 0 Å². The minimum Gasteiger partial charge on any atom is -0.477 e. The Hall–Kier alpha value is -4.99. The lowest BCUT2D eigenvalue weighted by Gasteiger charge is -2.36. The number of hydrogen-bond donors (Lipinski definition) is 2. The Bertz CT molecular complexity index is 1970. The number of pyridine rings is 1. The van der Waals surface area contributed by atoms with Crippen molar-refractivity contribution in [1.29, 1.82) is 0 Å². The Balaban J connectivity index is 1.43. The summed E-state index contributed by atoms with van der Waals surface area (Å²) in [6.07, 6.45) is -3.69. The number of carboxylic acid groups (broad SMARTS) is 1. The molecular weight excluding hydrogens is 613 g/mol. The number of hydrogen-bond acceptors (Lipinski definition) is 5. The number of rotatable bonds is 5. The van der Waals surface area contributed by atoms with Crippen molar-refractivity contribution in [3.63, 3.8) is 0 Å². The third-order valence-corrected chi connectivity index (χ3v) is 8.30. The Morgan fingerprint density at radius 2 is 1.61 bits per heavy atom. The average molecular weight is 636 g/mol. The Morgan fingerprint density at radius 3 is 2.23 bits per heavy atom. The second-order valence-corrected chi connectivity index (χ2v) is 11.4. The van der Waals surface area contributed by atoms with E-state index in [9.17, 15) is 40.7 Å². The maximum Gasteiger partial charge on any atom is 0.416 e. The molecule has 2 heterocycles. The predicted molar refractivity (Wildman–Crippen MR) is 150 cm³/mol. The summed E-state index contributed by atoms with van der Waals surface area (Å²) in [5.74, 6) is -3.37. The molecule has 0 aliphatic carbocycles. The number of anilines is 1. The van der Waals surface area contributed by atoms with Crippen molar-refractivity contribution in [3.05, 3.63) is 99.8 Å². The summed E-state index contributed by atoms with van der Waals surface area (Å²) in [4.78, 5) is 26.9. The number of aromatic nitrogens is 1. The van der Waals surface area contributed by atoms with Gasteiger partial charge in [-0.2, -0.15) is 21.6 Å². The molecule has 3 N–H and O–H groups in total. The number of aromatic carboxylic acids is 1. The van der Waals surface area contributed by atoms with Gasteiger partial charge in [0.2, 0.25) is 11.4 Å². The molecule has 1 aliphatic rings. The molecule has 44 heavy (non-hydrogen) atoms. The smallest absolute Gasteiger partial charge is 0.416 e. The first-order chi connectivity index (χ1) is 20.7. The van der Waals surface area contributed by atoms with E-state index < -0.39 is 61.2 Å². The molecule has 10 nitrogen and oxygen atoms in total. The molecule has 0 saturated carbocycles. The number of benzene rings is 3. The van der Waals surface area contributed by atoms with Gasteiger partial charge < -0.3 is 25.2 Å². The van der Waals surface area contributed by atoms with Gasteiger partial charge in [-0.1, -0.05) is 6.07 Å². The lowest BCUT2D eigenvalue weighted by Crippen LogP contribution is -2.51. The monoisotopic (exact) mass is 635 g/mol. The van der Waals surface area contributed by atoms with Crippen LogP contribution in [0.25, 0.3) is 16.6 Å². The van der Waals surface area contributed by atoms with Crippen molar-refractivity contribution >= 4 is 38.5 Å². The van der Waals surface area contributed by atoms with Crippen molar-refractivity contribution in [1.82, 2.24) is 9.47 Å². The third kappa shape index (κ3) is 5.92. The van der Waals surface area contributed by atoms with E-state index in [0.29, 0.717) is 11.8 Å². The second-order valence-electron chi connectivity index (χ2n) is 9.77. The third-order valence-electron chi connectivity index (χ3n) is 7.02. The molecule has 16 heteroatoms. The van der Waals surface area contributed by atoms with Crippen LogP contribution < -0.4 is 16.1 Å². The highest BCUT2D eigenvalue weighted by atomic mass is 32.2. The zero-order valence-corrected chi connectivity index (χ0v) is 23.2. The normalized spacial score (nSPS) is 14.7. The van der Waals surface area contributed by atoms with E-state index in [4.69, 9.17) is 5.73 Å². The molecule has 0 atom stereocenters. The first kappa shape index (κ1) is 30.5. The van der Waals surface area contributed by atoms with Gasteiger partial charge >= 0.3 is 12.1 Å². The zero-order valence-electron chi connectivity index (χ0n) is 22.4. The minimum absolute atomic E-state index is 0.0441. The van der Waals surface area contributed by atoms with Crippen LogP contribution in [-0.4, -0.2) is 61.1 Å². The SMILES string of the molecule is N/C(=N\S(=O)(=O)c1cccc(C(F)(F)F)c1)N1CCN(c2cc3c(cc2F)c(=O)c(C(=O)O)cn3-c2ccc(F)cc2)CC1. The molecule has 230 valence electrons. The van der Waals surface area contributed by atoms with Crippen molar-refractivity contribution in [2.75, 3.05) is 31.1 Å². The molecule has 1 saturated heterocycles. The lowest BCUT2D eigenvalue weighted by molar-refractivity contribution is -0.137. The summed E-state index contributed by atoms with van der Waals surface area (Å²) in [6.45, 7) is 0.285. The first-order valence-corrected chi connectivity index (χ1v) is 14.3. The van der Waals surface area contributed by atoms with E-state index in [0.717, 1.165) is 42.6 Å². The summed E-state index contributed by atoms with van der Waals surface area (Å²) >= 11 is 0. The van der Waals surface area contributed by atoms with Crippen molar-refractivity contribution in [2.24, 2.45) is 10.1 Å². The largest absolute Gasteiger partial charge is 0.477 e. The van der Waals surface area contributed by atoms with Crippen LogP contribution in [0.1, 0.15) is 15.9 Å². The van der Waals surface area contributed by atoms with Crippen LogP contribution in [0, 0.1) is 11.6 Å². The molecule has 0 unspecified atom stereocenters. The fourth-order valence-electron chi connectivity index (χ4n) is 4.79. The van der Waals surface area contributed by atoms with E-state index in [1.807, 2.05) is 0 Å². The molecule has 4 aromatic rings. The maximum atomic E-state index is 15.4. The fourth-order valence-corrected chi connectivity index (χ4v) is 5.78. The number of carboxylic acids is 1. The van der Waals surface area contributed by atoms with Gasteiger partial charge in [0.1, 0.15) is 17.2 Å². The van der Waals surface area contributed by atoms with Crippen LogP contribution in [0.4, 0.5) is 27.6 Å². The summed E-state index contributed by atoms with van der Waals surface area (Å²) in [5, 5.41) is 9.32. The van der Waals surface area contributed by atoms with Crippen LogP contribution in [0.3, 0.4) is 0 Å². The van der Waals surface area contributed by atoms with E-state index >= 15 is 4.39 Å². The number of fused-ring (bicyclic) bond motifs is 1. The Morgan fingerprint density at radius 1 is 0.955 bits per heavy atom. The van der Waals surface area contributed by atoms with Gasteiger partial charge in [0, 0.05) is 43.4 Å². The van der Waals surface area contributed by atoms with Gasteiger partial charge in [-0.15, -0.1) is 4.40 Å². The molecule has 0 bridgehead atoms. The molecule has 0 spiro atoms. The van der Waals surface area contributed by atoms with Crippen molar-refractivity contribution in [3.8, 4) is 5.69 Å². The maximum absolute atomic E-state index is 15.4. The number of guanidine groups is 1. The highest BCUT2D eigenvalue weighted by Gasteiger charge is 2.32. The summed E-state index contributed by atoms with van der Waals surface area (Å²) < 4.78 is 98.2. The minimum atomic E-state index is -4.76. The Kier molecular flexibility index (Phi) is 7.79. The number of carbonyl (C=O) groups is 1. The molecule has 1 aliphatic heterocycles. The van der Waals surface area contributed by atoms with Gasteiger partial charge in [-0.3, -0.25) is 4.79 Å². The van der Waals surface area contributed by atoms with Crippen LogP contribution >= 0.6 is 0 Å². The van der Waals surface area contributed by atoms with Gasteiger partial charge in [-0.05, 0) is 54.6 Å². The number of nitrogens with zero attached hydrogens (tertiary/aromatic N) is 4. The van der Waals surface area contributed by atoms with E-state index in [1.165, 1.54) is 27.7 Å². The first-order valence-electron chi connectivity index (χ1n) is 12.8. The molecule has 1 fully saturated rings. The highest BCUT2D eigenvalue weighted by molar-refractivity contribution is 7.90. The molecule has 1 aromatic heterocycles. The van der Waals surface area contributed by atoms with Gasteiger partial charge in [0.15, 0.2) is 0 Å². The number of sulfonamides is 1. The second kappa shape index (κ2) is 11.3. The van der Waals surface area contributed by atoms with Crippen LogP contribution in [0.15, 0.2) is 80.9 Å². The predicted octanol–water partition coefficient (Wildman–Crippen LogP) is 3.81. The van der Waals surface area contributed by atoms with Gasteiger partial charge in [-0.25, -0.2) is 13.6 Å². The topological polar surface area (TPSA) is 138 Å². The van der Waals surface area contributed by atoms with Crippen molar-refractivity contribution < 1.29 is 40.3 Å². The van der Waals surface area contributed by atoms with E-state index in [1.54, 1.807) is 4.90 Å². The Labute approximate surface area is 246 Å². The van der Waals surface area contributed by atoms with E-state index in [-0.39, 0.29) is 42.8 Å². The zero-order chi connectivity index (χ0) is 32.0. The summed E-state index contributed by atoms with van der Waals surface area (Å²) in [6, 6.07) is 10.4. The summed E-state index contributed by atoms with van der Waals surface area (Å²) in [5.41, 5.74) is 3.72. The molecule has 0 amide bonds. The average Bonchev–Trinajstić information content (AvgIpc) is 2.97. The molecule has 3 aromatic carbocycles. The number of alkyl halides is 3. The molecular formula is C28H22F5N5O5S. The van der Waals surface area contributed by atoms with Crippen molar-refractivity contribution in [2.45, 2.75) is 11.1 Å². The number of nitrogens with two attached hydrogens (primary N) is 1. The van der Waals surface area contributed by atoms with E-state index in [2.05, 4.69) is 4.40 Å². The highest BCUT2D eigenvalue weighted by Crippen LogP contribution is 2.31. The molecule has 5 rings (SSSR count).